The second kappa shape index (κ2) is 12.0. The molecule has 5 aromatic rings. The van der Waals surface area contributed by atoms with Gasteiger partial charge in [-0.25, -0.2) is 14.6 Å². The van der Waals surface area contributed by atoms with Gasteiger partial charge >= 0.3 is 5.97 Å². The van der Waals surface area contributed by atoms with Crippen molar-refractivity contribution in [3.05, 3.63) is 138 Å². The number of carbonyl (C=O) groups excluding carboxylic acids is 2. The number of esters is 1. The molecule has 6 nitrogen and oxygen atoms in total. The normalized spacial score (nSPS) is 10.9. The number of halogens is 1. The molecule has 1 aromatic heterocycles. The van der Waals surface area contributed by atoms with Gasteiger partial charge in [0.15, 0.2) is 0 Å². The van der Waals surface area contributed by atoms with E-state index in [0.29, 0.717) is 12.2 Å². The zero-order valence-electron chi connectivity index (χ0n) is 21.8. The number of ether oxygens (including phenoxy) is 1. The lowest BCUT2D eigenvalue weighted by atomic mass is 10.1. The minimum absolute atomic E-state index is 0.0906. The fourth-order valence-corrected chi connectivity index (χ4v) is 4.44. The molecule has 5 rings (SSSR count). The topological polar surface area (TPSA) is 72.7 Å². The summed E-state index contributed by atoms with van der Waals surface area (Å²) in [5.74, 6) is -1.65. The summed E-state index contributed by atoms with van der Waals surface area (Å²) in [7, 11) is 0. The molecular weight excluding hydrogens is 505 g/mol. The Balaban J connectivity index is 1.63. The van der Waals surface area contributed by atoms with Crippen LogP contribution in [0.3, 0.4) is 0 Å². The first kappa shape index (κ1) is 26.3. The summed E-state index contributed by atoms with van der Waals surface area (Å²) >= 11 is 0. The number of benzene rings is 4. The molecule has 0 saturated heterocycles. The van der Waals surface area contributed by atoms with Gasteiger partial charge in [0.25, 0.3) is 5.91 Å². The Morgan fingerprint density at radius 1 is 0.850 bits per heavy atom. The lowest BCUT2D eigenvalue weighted by Crippen LogP contribution is -2.18. The summed E-state index contributed by atoms with van der Waals surface area (Å²) in [5, 5.41) is 4.18. The van der Waals surface area contributed by atoms with Gasteiger partial charge in [0, 0.05) is 11.3 Å². The van der Waals surface area contributed by atoms with Crippen molar-refractivity contribution in [2.24, 2.45) is 5.10 Å². The van der Waals surface area contributed by atoms with E-state index in [0.717, 1.165) is 33.8 Å². The molecule has 0 spiro atoms. The number of hydrazone groups is 1. The highest BCUT2D eigenvalue weighted by atomic mass is 19.1. The van der Waals surface area contributed by atoms with Crippen molar-refractivity contribution < 1.29 is 18.7 Å². The van der Waals surface area contributed by atoms with Gasteiger partial charge in [-0.15, -0.1) is 0 Å². The van der Waals surface area contributed by atoms with E-state index < -0.39 is 11.7 Å². The smallest absolute Gasteiger partial charge is 0.338 e. The second-order valence-corrected chi connectivity index (χ2v) is 8.85. The molecule has 40 heavy (non-hydrogen) atoms. The van der Waals surface area contributed by atoms with Crippen LogP contribution in [-0.2, 0) is 4.74 Å². The monoisotopic (exact) mass is 531 g/mol. The molecule has 7 heteroatoms. The Morgan fingerprint density at radius 3 is 2.12 bits per heavy atom. The van der Waals surface area contributed by atoms with Gasteiger partial charge in [-0.3, -0.25) is 4.79 Å². The minimum Gasteiger partial charge on any atom is -0.462 e. The third-order valence-corrected chi connectivity index (χ3v) is 6.27. The van der Waals surface area contributed by atoms with Crippen LogP contribution in [0.2, 0.25) is 0 Å². The fraction of sp³-hybridized carbons (Fsp3) is 0.0606. The molecule has 1 amide bonds. The molecule has 0 aliphatic rings. The Morgan fingerprint density at radius 2 is 1.48 bits per heavy atom. The van der Waals surface area contributed by atoms with Crippen LogP contribution in [0.4, 0.5) is 4.39 Å². The van der Waals surface area contributed by atoms with Crippen LogP contribution < -0.4 is 5.43 Å². The Labute approximate surface area is 231 Å². The number of hydrogen-bond donors (Lipinski definition) is 1. The average molecular weight is 532 g/mol. The third-order valence-electron chi connectivity index (χ3n) is 6.27. The number of carbonyl (C=O) groups is 2. The first-order chi connectivity index (χ1) is 19.6. The largest absolute Gasteiger partial charge is 0.462 e. The van der Waals surface area contributed by atoms with E-state index in [2.05, 4.69) is 15.1 Å². The molecule has 0 aliphatic carbocycles. The van der Waals surface area contributed by atoms with Crippen molar-refractivity contribution in [1.29, 1.82) is 0 Å². The van der Waals surface area contributed by atoms with E-state index in [1.54, 1.807) is 31.3 Å². The number of amides is 1. The van der Waals surface area contributed by atoms with Crippen molar-refractivity contribution in [2.75, 3.05) is 6.61 Å². The molecule has 0 atom stereocenters. The summed E-state index contributed by atoms with van der Waals surface area (Å²) in [5.41, 5.74) is 7.94. The van der Waals surface area contributed by atoms with E-state index in [4.69, 9.17) is 4.74 Å². The van der Waals surface area contributed by atoms with Gasteiger partial charge in [-0.05, 0) is 60.5 Å². The lowest BCUT2D eigenvalue weighted by Gasteiger charge is -2.15. The average Bonchev–Trinajstić information content (AvgIpc) is 3.38. The predicted octanol–water partition coefficient (Wildman–Crippen LogP) is 6.89. The van der Waals surface area contributed by atoms with Gasteiger partial charge < -0.3 is 9.30 Å². The highest BCUT2D eigenvalue weighted by Crippen LogP contribution is 2.35. The van der Waals surface area contributed by atoms with Crippen molar-refractivity contribution in [3.8, 4) is 28.2 Å². The van der Waals surface area contributed by atoms with E-state index in [1.165, 1.54) is 18.2 Å². The SMILES string of the molecule is CCOC(=O)c1ccc(-n2c(-c3ccccc3)cc(/C=N\NC(=O)c3ccccc3F)c2-c2ccccc2)cc1. The van der Waals surface area contributed by atoms with Crippen molar-refractivity contribution >= 4 is 18.1 Å². The summed E-state index contributed by atoms with van der Waals surface area (Å²) in [4.78, 5) is 24.8. The summed E-state index contributed by atoms with van der Waals surface area (Å²) in [6.07, 6.45) is 1.55. The van der Waals surface area contributed by atoms with Crippen molar-refractivity contribution in [1.82, 2.24) is 9.99 Å². The van der Waals surface area contributed by atoms with Gasteiger partial charge in [0.1, 0.15) is 5.82 Å². The summed E-state index contributed by atoms with van der Waals surface area (Å²) in [6.45, 7) is 2.07. The van der Waals surface area contributed by atoms with Gasteiger partial charge in [-0.1, -0.05) is 72.8 Å². The van der Waals surface area contributed by atoms with Crippen LogP contribution in [0.5, 0.6) is 0 Å². The molecule has 1 heterocycles. The highest BCUT2D eigenvalue weighted by molar-refractivity contribution is 5.97. The maximum absolute atomic E-state index is 14.1. The third kappa shape index (κ3) is 5.59. The number of rotatable bonds is 8. The van der Waals surface area contributed by atoms with Gasteiger partial charge in [0.05, 0.1) is 35.3 Å². The molecule has 0 fully saturated rings. The first-order valence-electron chi connectivity index (χ1n) is 12.8. The van der Waals surface area contributed by atoms with E-state index >= 15 is 0 Å². The molecule has 0 saturated carbocycles. The Hall–Kier alpha value is -5.30. The number of hydrogen-bond acceptors (Lipinski definition) is 4. The number of aromatic nitrogens is 1. The fourth-order valence-electron chi connectivity index (χ4n) is 4.44. The van der Waals surface area contributed by atoms with Gasteiger partial charge in [-0.2, -0.15) is 5.10 Å². The quantitative estimate of drug-likeness (QED) is 0.135. The Kier molecular flexibility index (Phi) is 7.92. The molecule has 198 valence electrons. The van der Waals surface area contributed by atoms with Crippen LogP contribution >= 0.6 is 0 Å². The van der Waals surface area contributed by atoms with E-state index in [1.807, 2.05) is 78.9 Å². The molecular formula is C33H26FN3O3. The van der Waals surface area contributed by atoms with Crippen LogP contribution in [0, 0.1) is 5.82 Å². The van der Waals surface area contributed by atoms with Crippen LogP contribution in [0.15, 0.2) is 120 Å². The van der Waals surface area contributed by atoms with Crippen LogP contribution in [-0.4, -0.2) is 29.3 Å². The van der Waals surface area contributed by atoms with E-state index in [9.17, 15) is 14.0 Å². The molecule has 0 unspecified atom stereocenters. The van der Waals surface area contributed by atoms with E-state index in [-0.39, 0.29) is 11.5 Å². The predicted molar refractivity (Wildman–Crippen MR) is 154 cm³/mol. The number of nitrogens with one attached hydrogen (secondary N) is 1. The molecule has 0 aliphatic heterocycles. The molecule has 4 aromatic carbocycles. The standard InChI is InChI=1S/C33H26FN3O3/c1-2-40-33(39)25-17-19-27(20-18-25)37-30(23-11-5-3-6-12-23)21-26(31(37)24-13-7-4-8-14-24)22-35-36-32(38)28-15-9-10-16-29(28)34/h3-22H,2H2,1H3,(H,36,38)/b35-22-. The molecule has 0 radical (unpaired) electrons. The summed E-state index contributed by atoms with van der Waals surface area (Å²) in [6, 6.07) is 34.6. The number of nitrogens with zero attached hydrogens (tertiary/aromatic N) is 2. The van der Waals surface area contributed by atoms with Crippen molar-refractivity contribution in [3.63, 3.8) is 0 Å². The van der Waals surface area contributed by atoms with Gasteiger partial charge in [0.2, 0.25) is 0 Å². The molecule has 0 bridgehead atoms. The highest BCUT2D eigenvalue weighted by Gasteiger charge is 2.19. The van der Waals surface area contributed by atoms with Crippen LogP contribution in [0.25, 0.3) is 28.2 Å². The summed E-state index contributed by atoms with van der Waals surface area (Å²) < 4.78 is 21.3. The maximum Gasteiger partial charge on any atom is 0.338 e. The zero-order chi connectivity index (χ0) is 27.9. The van der Waals surface area contributed by atoms with Crippen LogP contribution in [0.1, 0.15) is 33.2 Å². The molecule has 1 N–H and O–H groups in total. The minimum atomic E-state index is -0.645. The second-order valence-electron chi connectivity index (χ2n) is 8.85. The lowest BCUT2D eigenvalue weighted by molar-refractivity contribution is 0.0526. The Bertz CT molecular complexity index is 1660. The first-order valence-corrected chi connectivity index (χ1v) is 12.8. The van der Waals surface area contributed by atoms with Crippen molar-refractivity contribution in [2.45, 2.75) is 6.92 Å². The maximum atomic E-state index is 14.1. The zero-order valence-corrected chi connectivity index (χ0v) is 21.8.